The lowest BCUT2D eigenvalue weighted by atomic mass is 10.1. The lowest BCUT2D eigenvalue weighted by molar-refractivity contribution is 0.392. The van der Waals surface area contributed by atoms with Crippen molar-refractivity contribution in [3.05, 3.63) is 23.9 Å². The molecule has 0 aliphatic heterocycles. The first kappa shape index (κ1) is 11.7. The summed E-state index contributed by atoms with van der Waals surface area (Å²) in [6.45, 7) is 0. The van der Waals surface area contributed by atoms with Crippen molar-refractivity contribution in [3.8, 4) is 5.88 Å². The van der Waals surface area contributed by atoms with Crippen LogP contribution < -0.4 is 4.74 Å². The summed E-state index contributed by atoms with van der Waals surface area (Å²) < 4.78 is 27.1. The Morgan fingerprint density at radius 3 is 2.75 bits per heavy atom. The quantitative estimate of drug-likeness (QED) is 0.775. The Hall–Kier alpha value is -0.810. The fraction of sp³-hybridized carbons (Fsp3) is 0.500. The predicted molar refractivity (Wildman–Crippen MR) is 61.2 cm³/mol. The van der Waals surface area contributed by atoms with Crippen molar-refractivity contribution >= 4 is 19.7 Å². The molecule has 0 unspecified atom stereocenters. The molecule has 1 aromatic heterocycles. The second-order valence-corrected chi connectivity index (χ2v) is 6.93. The summed E-state index contributed by atoms with van der Waals surface area (Å²) in [5, 5.41) is 0. The molecule has 0 aromatic carbocycles. The van der Waals surface area contributed by atoms with Gasteiger partial charge in [-0.05, 0) is 25.3 Å². The first-order chi connectivity index (χ1) is 7.48. The minimum Gasteiger partial charge on any atom is -0.481 e. The van der Waals surface area contributed by atoms with Gasteiger partial charge in [-0.3, -0.25) is 0 Å². The average molecular weight is 262 g/mol. The van der Waals surface area contributed by atoms with E-state index in [4.69, 9.17) is 15.4 Å². The maximum atomic E-state index is 11.4. The van der Waals surface area contributed by atoms with Crippen LogP contribution in [0.2, 0.25) is 0 Å². The number of ether oxygens (including phenoxy) is 1. The third kappa shape index (κ3) is 2.01. The van der Waals surface area contributed by atoms with E-state index >= 15 is 0 Å². The second-order valence-electron chi connectivity index (χ2n) is 3.97. The van der Waals surface area contributed by atoms with Crippen molar-refractivity contribution in [2.75, 3.05) is 7.11 Å². The smallest absolute Gasteiger partial charge is 0.238 e. The highest BCUT2D eigenvalue weighted by atomic mass is 35.7. The van der Waals surface area contributed by atoms with Crippen molar-refractivity contribution in [1.82, 2.24) is 4.98 Å². The minimum atomic E-state index is -3.53. The van der Waals surface area contributed by atoms with Crippen molar-refractivity contribution in [2.45, 2.75) is 24.0 Å². The van der Waals surface area contributed by atoms with Gasteiger partial charge in [0.1, 0.15) is 0 Å². The molecule has 0 bridgehead atoms. The number of pyridine rings is 1. The van der Waals surface area contributed by atoms with Crippen molar-refractivity contribution in [1.29, 1.82) is 0 Å². The molecule has 0 saturated heterocycles. The van der Waals surface area contributed by atoms with Crippen LogP contribution in [0.5, 0.6) is 5.88 Å². The van der Waals surface area contributed by atoms with Gasteiger partial charge in [-0.2, -0.15) is 0 Å². The van der Waals surface area contributed by atoms with E-state index in [1.165, 1.54) is 7.11 Å². The Balaban J connectivity index is 2.28. The molecule has 1 aromatic rings. The Labute approximate surface area is 99.0 Å². The lowest BCUT2D eigenvalue weighted by Gasteiger charge is -2.12. The van der Waals surface area contributed by atoms with E-state index in [0.717, 1.165) is 5.56 Å². The largest absolute Gasteiger partial charge is 0.481 e. The van der Waals surface area contributed by atoms with Gasteiger partial charge in [0.15, 0.2) is 0 Å². The zero-order valence-corrected chi connectivity index (χ0v) is 10.4. The Morgan fingerprint density at radius 1 is 1.56 bits per heavy atom. The molecule has 1 saturated carbocycles. The number of hydrogen-bond donors (Lipinski definition) is 0. The summed E-state index contributed by atoms with van der Waals surface area (Å²) in [7, 11) is 3.43. The Morgan fingerprint density at radius 2 is 2.25 bits per heavy atom. The van der Waals surface area contributed by atoms with Crippen LogP contribution in [0.4, 0.5) is 0 Å². The highest BCUT2D eigenvalue weighted by Gasteiger charge is 2.54. The van der Waals surface area contributed by atoms with Crippen LogP contribution >= 0.6 is 10.7 Å². The normalized spacial score (nSPS) is 18.1. The maximum absolute atomic E-state index is 11.4. The van der Waals surface area contributed by atoms with E-state index in [9.17, 15) is 8.42 Å². The second kappa shape index (κ2) is 3.89. The van der Waals surface area contributed by atoms with Gasteiger partial charge in [0, 0.05) is 22.4 Å². The molecule has 1 heterocycles. The summed E-state index contributed by atoms with van der Waals surface area (Å²) in [6.07, 6.45) is 3.20. The summed E-state index contributed by atoms with van der Waals surface area (Å²) in [5.74, 6) is 0.467. The molecule has 0 radical (unpaired) electrons. The van der Waals surface area contributed by atoms with Crippen LogP contribution in [0.25, 0.3) is 0 Å². The molecule has 0 spiro atoms. The van der Waals surface area contributed by atoms with E-state index in [-0.39, 0.29) is 0 Å². The van der Waals surface area contributed by atoms with E-state index in [2.05, 4.69) is 4.98 Å². The number of hydrogen-bond acceptors (Lipinski definition) is 4. The summed E-state index contributed by atoms with van der Waals surface area (Å²) in [6, 6.07) is 3.57. The standard InChI is InChI=1S/C10H12ClNO3S/c1-15-9-8(3-2-6-12-9)7-10(4-5-10)16(11,13)14/h2-3,6H,4-5,7H2,1H3. The zero-order chi connectivity index (χ0) is 11.8. The fourth-order valence-corrected chi connectivity index (χ4v) is 3.28. The molecule has 4 nitrogen and oxygen atoms in total. The third-order valence-electron chi connectivity index (χ3n) is 2.88. The summed E-state index contributed by atoms with van der Waals surface area (Å²) in [5.41, 5.74) is 0.784. The van der Waals surface area contributed by atoms with E-state index in [1.807, 2.05) is 6.07 Å². The topological polar surface area (TPSA) is 56.3 Å². The number of rotatable bonds is 4. The molecule has 88 valence electrons. The van der Waals surface area contributed by atoms with Crippen LogP contribution in [0.3, 0.4) is 0 Å². The number of halogens is 1. The van der Waals surface area contributed by atoms with Gasteiger partial charge >= 0.3 is 0 Å². The molecule has 0 N–H and O–H groups in total. The van der Waals surface area contributed by atoms with Gasteiger partial charge in [-0.25, -0.2) is 13.4 Å². The monoisotopic (exact) mass is 261 g/mol. The lowest BCUT2D eigenvalue weighted by Crippen LogP contribution is -2.21. The molecular formula is C10H12ClNO3S. The SMILES string of the molecule is COc1ncccc1CC1(S(=O)(=O)Cl)CC1. The molecule has 16 heavy (non-hydrogen) atoms. The van der Waals surface area contributed by atoms with Crippen molar-refractivity contribution in [2.24, 2.45) is 0 Å². The van der Waals surface area contributed by atoms with Crippen LogP contribution in [-0.4, -0.2) is 25.3 Å². The highest BCUT2D eigenvalue weighted by molar-refractivity contribution is 8.15. The van der Waals surface area contributed by atoms with Crippen LogP contribution in [-0.2, 0) is 15.5 Å². The van der Waals surface area contributed by atoms with E-state index in [0.29, 0.717) is 25.1 Å². The maximum Gasteiger partial charge on any atom is 0.238 e. The van der Waals surface area contributed by atoms with E-state index in [1.54, 1.807) is 12.3 Å². The predicted octanol–water partition coefficient (Wildman–Crippen LogP) is 1.73. The highest BCUT2D eigenvalue weighted by Crippen LogP contribution is 2.48. The Bertz CT molecular complexity index is 497. The first-order valence-electron chi connectivity index (χ1n) is 4.91. The van der Waals surface area contributed by atoms with Crippen LogP contribution in [0.1, 0.15) is 18.4 Å². The third-order valence-corrected chi connectivity index (χ3v) is 5.45. The first-order valence-corrected chi connectivity index (χ1v) is 7.21. The van der Waals surface area contributed by atoms with Crippen LogP contribution in [0.15, 0.2) is 18.3 Å². The van der Waals surface area contributed by atoms with Gasteiger partial charge in [0.2, 0.25) is 14.9 Å². The summed E-state index contributed by atoms with van der Waals surface area (Å²) >= 11 is 0. The van der Waals surface area contributed by atoms with Crippen molar-refractivity contribution in [3.63, 3.8) is 0 Å². The van der Waals surface area contributed by atoms with Gasteiger partial charge in [0.25, 0.3) is 0 Å². The Kier molecular flexibility index (Phi) is 2.84. The number of nitrogens with zero attached hydrogens (tertiary/aromatic N) is 1. The molecule has 1 aliphatic carbocycles. The van der Waals surface area contributed by atoms with Gasteiger partial charge in [-0.15, -0.1) is 0 Å². The average Bonchev–Trinajstić information content (AvgIpc) is 2.99. The molecule has 1 fully saturated rings. The van der Waals surface area contributed by atoms with Gasteiger partial charge < -0.3 is 4.74 Å². The molecular weight excluding hydrogens is 250 g/mol. The molecule has 0 atom stereocenters. The molecule has 0 amide bonds. The zero-order valence-electron chi connectivity index (χ0n) is 8.81. The van der Waals surface area contributed by atoms with E-state index < -0.39 is 13.8 Å². The summed E-state index contributed by atoms with van der Waals surface area (Å²) in [4.78, 5) is 4.03. The fourth-order valence-electron chi connectivity index (χ4n) is 1.74. The molecule has 6 heteroatoms. The minimum absolute atomic E-state index is 0.371. The van der Waals surface area contributed by atoms with Crippen molar-refractivity contribution < 1.29 is 13.2 Å². The van der Waals surface area contributed by atoms with Gasteiger partial charge in [0.05, 0.1) is 11.9 Å². The number of aromatic nitrogens is 1. The molecule has 1 aliphatic rings. The van der Waals surface area contributed by atoms with Crippen LogP contribution in [0, 0.1) is 0 Å². The van der Waals surface area contributed by atoms with Gasteiger partial charge in [-0.1, -0.05) is 6.07 Å². The number of methoxy groups -OCH3 is 1. The molecule has 2 rings (SSSR count).